The molecular weight excluding hydrogens is 270 g/mol. The molecule has 0 amide bonds. The van der Waals surface area contributed by atoms with E-state index in [1.54, 1.807) is 0 Å². The SMILES string of the molecule is CCCNC(CCC1CCCC(S(C)(=O)=O)C1)C1CC1. The van der Waals surface area contributed by atoms with Gasteiger partial charge in [0.2, 0.25) is 0 Å². The van der Waals surface area contributed by atoms with Crippen molar-refractivity contribution in [2.24, 2.45) is 11.8 Å². The van der Waals surface area contributed by atoms with Crippen molar-refractivity contribution >= 4 is 9.84 Å². The second-order valence-corrected chi connectivity index (χ2v) is 9.29. The van der Waals surface area contributed by atoms with Gasteiger partial charge in [-0.3, -0.25) is 0 Å². The first-order chi connectivity index (χ1) is 9.50. The number of nitrogens with one attached hydrogen (secondary N) is 1. The van der Waals surface area contributed by atoms with E-state index in [1.165, 1.54) is 44.8 Å². The summed E-state index contributed by atoms with van der Waals surface area (Å²) in [5, 5.41) is 3.63. The van der Waals surface area contributed by atoms with Crippen LogP contribution >= 0.6 is 0 Å². The Morgan fingerprint density at radius 3 is 2.55 bits per heavy atom. The summed E-state index contributed by atoms with van der Waals surface area (Å²) in [6, 6.07) is 0.688. The highest BCUT2D eigenvalue weighted by Crippen LogP contribution is 2.37. The van der Waals surface area contributed by atoms with Gasteiger partial charge in [0.15, 0.2) is 0 Å². The van der Waals surface area contributed by atoms with Gasteiger partial charge in [-0.2, -0.15) is 0 Å². The molecule has 118 valence electrons. The quantitative estimate of drug-likeness (QED) is 0.749. The highest BCUT2D eigenvalue weighted by atomic mass is 32.2. The first kappa shape index (κ1) is 16.3. The van der Waals surface area contributed by atoms with Crippen molar-refractivity contribution in [2.45, 2.75) is 76.0 Å². The minimum Gasteiger partial charge on any atom is -0.314 e. The molecule has 0 radical (unpaired) electrons. The van der Waals surface area contributed by atoms with E-state index in [2.05, 4.69) is 12.2 Å². The van der Waals surface area contributed by atoms with Crippen molar-refractivity contribution in [1.82, 2.24) is 5.32 Å². The minimum atomic E-state index is -2.83. The molecule has 4 heteroatoms. The number of sulfone groups is 1. The molecule has 0 spiro atoms. The van der Waals surface area contributed by atoms with E-state index in [4.69, 9.17) is 0 Å². The summed E-state index contributed by atoms with van der Waals surface area (Å²) >= 11 is 0. The van der Waals surface area contributed by atoms with Gasteiger partial charge in [-0.15, -0.1) is 0 Å². The molecule has 3 unspecified atom stereocenters. The third-order valence-corrected chi connectivity index (χ3v) is 6.71. The van der Waals surface area contributed by atoms with Gasteiger partial charge in [-0.25, -0.2) is 8.42 Å². The zero-order valence-corrected chi connectivity index (χ0v) is 13.9. The average Bonchev–Trinajstić information content (AvgIpc) is 3.23. The fourth-order valence-corrected chi connectivity index (χ4v) is 4.86. The second kappa shape index (κ2) is 7.26. The van der Waals surface area contributed by atoms with Gasteiger partial charge in [0, 0.05) is 12.3 Å². The van der Waals surface area contributed by atoms with E-state index in [-0.39, 0.29) is 5.25 Å². The monoisotopic (exact) mass is 301 g/mol. The van der Waals surface area contributed by atoms with Crippen molar-refractivity contribution in [1.29, 1.82) is 0 Å². The maximum Gasteiger partial charge on any atom is 0.150 e. The maximum atomic E-state index is 11.7. The maximum absolute atomic E-state index is 11.7. The Kier molecular flexibility index (Phi) is 5.91. The molecule has 0 aromatic carbocycles. The lowest BCUT2D eigenvalue weighted by molar-refractivity contribution is 0.305. The lowest BCUT2D eigenvalue weighted by atomic mass is 9.84. The van der Waals surface area contributed by atoms with Gasteiger partial charge in [0.25, 0.3) is 0 Å². The van der Waals surface area contributed by atoms with Crippen LogP contribution in [-0.2, 0) is 9.84 Å². The summed E-state index contributed by atoms with van der Waals surface area (Å²) in [5.41, 5.74) is 0. The molecule has 20 heavy (non-hydrogen) atoms. The van der Waals surface area contributed by atoms with Gasteiger partial charge in [0.1, 0.15) is 9.84 Å². The van der Waals surface area contributed by atoms with Crippen LogP contribution in [0.2, 0.25) is 0 Å². The Morgan fingerprint density at radius 1 is 1.20 bits per heavy atom. The van der Waals surface area contributed by atoms with Crippen LogP contribution in [0.5, 0.6) is 0 Å². The number of hydrogen-bond donors (Lipinski definition) is 1. The molecule has 2 aliphatic rings. The predicted octanol–water partition coefficient (Wildman–Crippen LogP) is 3.15. The lowest BCUT2D eigenvalue weighted by Gasteiger charge is -2.29. The van der Waals surface area contributed by atoms with E-state index in [0.717, 1.165) is 31.7 Å². The third kappa shape index (κ3) is 5.03. The normalized spacial score (nSPS) is 29.3. The van der Waals surface area contributed by atoms with E-state index in [9.17, 15) is 8.42 Å². The lowest BCUT2D eigenvalue weighted by Crippen LogP contribution is -2.33. The summed E-state index contributed by atoms with van der Waals surface area (Å²) in [6.45, 7) is 3.34. The van der Waals surface area contributed by atoms with Crippen LogP contribution in [0.25, 0.3) is 0 Å². The minimum absolute atomic E-state index is 0.0655. The Morgan fingerprint density at radius 2 is 1.95 bits per heavy atom. The summed E-state index contributed by atoms with van der Waals surface area (Å²) < 4.78 is 23.4. The summed E-state index contributed by atoms with van der Waals surface area (Å²) in [7, 11) is -2.83. The van der Waals surface area contributed by atoms with Crippen LogP contribution in [0.3, 0.4) is 0 Å². The summed E-state index contributed by atoms with van der Waals surface area (Å²) in [6.07, 6.45) is 12.0. The largest absolute Gasteiger partial charge is 0.314 e. The second-order valence-electron chi connectivity index (χ2n) is 6.96. The van der Waals surface area contributed by atoms with Gasteiger partial charge >= 0.3 is 0 Å². The van der Waals surface area contributed by atoms with Crippen molar-refractivity contribution in [2.75, 3.05) is 12.8 Å². The van der Waals surface area contributed by atoms with Crippen molar-refractivity contribution < 1.29 is 8.42 Å². The van der Waals surface area contributed by atoms with Crippen molar-refractivity contribution in [3.63, 3.8) is 0 Å². The fraction of sp³-hybridized carbons (Fsp3) is 1.00. The highest BCUT2D eigenvalue weighted by molar-refractivity contribution is 7.91. The standard InChI is InChI=1S/C16H31NO2S/c1-3-11-17-16(14-8-9-14)10-7-13-5-4-6-15(12-13)20(2,18)19/h13-17H,3-12H2,1-2H3. The predicted molar refractivity (Wildman–Crippen MR) is 84.6 cm³/mol. The zero-order valence-electron chi connectivity index (χ0n) is 13.1. The Labute approximate surface area is 124 Å². The molecule has 3 nitrogen and oxygen atoms in total. The van der Waals surface area contributed by atoms with Crippen LogP contribution < -0.4 is 5.32 Å². The topological polar surface area (TPSA) is 46.2 Å². The number of rotatable bonds is 8. The van der Waals surface area contributed by atoms with E-state index in [1.807, 2.05) is 0 Å². The van der Waals surface area contributed by atoms with E-state index >= 15 is 0 Å². The molecule has 0 aliphatic heterocycles. The van der Waals surface area contributed by atoms with Crippen LogP contribution in [0, 0.1) is 11.8 Å². The first-order valence-corrected chi connectivity index (χ1v) is 10.4. The Hall–Kier alpha value is -0.0900. The molecule has 0 heterocycles. The molecule has 2 aliphatic carbocycles. The van der Waals surface area contributed by atoms with E-state index in [0.29, 0.717) is 12.0 Å². The van der Waals surface area contributed by atoms with Gasteiger partial charge in [-0.05, 0) is 63.3 Å². The molecule has 1 N–H and O–H groups in total. The van der Waals surface area contributed by atoms with Gasteiger partial charge in [0.05, 0.1) is 5.25 Å². The Bertz CT molecular complexity index is 389. The molecule has 3 atom stereocenters. The molecule has 0 bridgehead atoms. The van der Waals surface area contributed by atoms with Crippen molar-refractivity contribution in [3.05, 3.63) is 0 Å². The molecule has 0 aromatic rings. The number of hydrogen-bond acceptors (Lipinski definition) is 3. The zero-order chi connectivity index (χ0) is 14.6. The van der Waals surface area contributed by atoms with Crippen molar-refractivity contribution in [3.8, 4) is 0 Å². The molecular formula is C16H31NO2S. The molecule has 0 aromatic heterocycles. The third-order valence-electron chi connectivity index (χ3n) is 5.07. The van der Waals surface area contributed by atoms with Gasteiger partial charge < -0.3 is 5.32 Å². The highest BCUT2D eigenvalue weighted by Gasteiger charge is 2.33. The Balaban J connectivity index is 1.77. The molecule has 2 fully saturated rings. The van der Waals surface area contributed by atoms with Gasteiger partial charge in [-0.1, -0.05) is 19.8 Å². The van der Waals surface area contributed by atoms with Crippen LogP contribution in [0.1, 0.15) is 64.7 Å². The summed E-state index contributed by atoms with van der Waals surface area (Å²) in [5.74, 6) is 1.53. The van der Waals surface area contributed by atoms with Crippen LogP contribution in [0.4, 0.5) is 0 Å². The summed E-state index contributed by atoms with van der Waals surface area (Å²) in [4.78, 5) is 0. The van der Waals surface area contributed by atoms with Crippen LogP contribution in [0.15, 0.2) is 0 Å². The molecule has 2 saturated carbocycles. The van der Waals surface area contributed by atoms with Crippen LogP contribution in [-0.4, -0.2) is 32.5 Å². The first-order valence-electron chi connectivity index (χ1n) is 8.43. The fourth-order valence-electron chi connectivity index (χ4n) is 3.64. The van der Waals surface area contributed by atoms with E-state index < -0.39 is 9.84 Å². The molecule has 0 saturated heterocycles. The average molecular weight is 301 g/mol. The molecule has 2 rings (SSSR count). The smallest absolute Gasteiger partial charge is 0.150 e.